The molecule has 0 bridgehead atoms. The predicted molar refractivity (Wildman–Crippen MR) is 217 cm³/mol. The van der Waals surface area contributed by atoms with Crippen LogP contribution in [0.4, 0.5) is 26.3 Å². The number of nitrogens with zero attached hydrogens (tertiary/aromatic N) is 4. The molecule has 2 atom stereocenters. The van der Waals surface area contributed by atoms with E-state index in [1.165, 1.54) is 37.3 Å². The molecule has 0 aliphatic carbocycles. The Kier molecular flexibility index (Phi) is 13.3. The van der Waals surface area contributed by atoms with Crippen molar-refractivity contribution in [3.63, 3.8) is 0 Å². The van der Waals surface area contributed by atoms with Crippen molar-refractivity contribution in [2.75, 3.05) is 0 Å². The number of alkyl halides is 6. The maximum absolute atomic E-state index is 14.2. The van der Waals surface area contributed by atoms with Crippen LogP contribution < -0.4 is 0 Å². The van der Waals surface area contributed by atoms with Crippen molar-refractivity contribution < 1.29 is 55.5 Å². The van der Waals surface area contributed by atoms with Crippen LogP contribution in [-0.4, -0.2) is 46.4 Å². The van der Waals surface area contributed by atoms with Crippen molar-refractivity contribution in [2.24, 2.45) is 10.3 Å². The number of ether oxygens (including phenoxy) is 1. The Morgan fingerprint density at radius 2 is 1.03 bits per heavy atom. The fourth-order valence-electron chi connectivity index (χ4n) is 6.43. The zero-order valence-corrected chi connectivity index (χ0v) is 35.8. The standard InChI is InChI=1S/C23H19Cl2F3N2O3.C19H11Cl2F3N2O3/c1-12-7-13(5-6-15(12)20(31)32-21(2,3)4)19-10-22(33-30-19,23(26,27)28)14-8-17(24)16(11-29)18(25)9-14;1-9-4-10(2-3-12(9)17(27)28)16-7-18(29-26-16,19(22,23)24)11-5-14(20)13(8-25)15(21)6-11/h5-9H,10H2,1-4H3;2-6H,7H2,1H3,(H,27,28). The highest BCUT2D eigenvalue weighted by Gasteiger charge is 2.63. The number of oxime groups is 2. The largest absolute Gasteiger partial charge is 0.478 e. The number of esters is 1. The minimum atomic E-state index is -4.88. The molecule has 10 nitrogen and oxygen atoms in total. The van der Waals surface area contributed by atoms with E-state index in [-0.39, 0.29) is 53.8 Å². The summed E-state index contributed by atoms with van der Waals surface area (Å²) in [5.41, 5.74) is -5.54. The van der Waals surface area contributed by atoms with Gasteiger partial charge < -0.3 is 19.5 Å². The summed E-state index contributed by atoms with van der Waals surface area (Å²) in [6.07, 6.45) is -11.1. The molecule has 0 saturated heterocycles. The summed E-state index contributed by atoms with van der Waals surface area (Å²) < 4.78 is 90.2. The molecule has 324 valence electrons. The summed E-state index contributed by atoms with van der Waals surface area (Å²) in [5.74, 6) is -1.69. The van der Waals surface area contributed by atoms with E-state index in [0.29, 0.717) is 27.8 Å². The Bertz CT molecular complexity index is 2600. The Morgan fingerprint density at radius 1 is 0.677 bits per heavy atom. The Labute approximate surface area is 369 Å². The smallest absolute Gasteiger partial charge is 0.435 e. The normalized spacial score (nSPS) is 18.5. The van der Waals surface area contributed by atoms with Gasteiger partial charge in [0.15, 0.2) is 0 Å². The average Bonchev–Trinajstić information content (AvgIpc) is 3.82. The Hall–Kier alpha value is -5.52. The molecule has 0 radical (unpaired) electrons. The number of benzene rings is 4. The summed E-state index contributed by atoms with van der Waals surface area (Å²) in [6.45, 7) is 8.38. The van der Waals surface area contributed by atoms with Gasteiger partial charge in [0, 0.05) is 24.0 Å². The second-order valence-corrected chi connectivity index (χ2v) is 16.6. The van der Waals surface area contributed by atoms with Gasteiger partial charge in [-0.05, 0) is 105 Å². The predicted octanol–water partition coefficient (Wildman–Crippen LogP) is 12.2. The van der Waals surface area contributed by atoms with E-state index in [9.17, 15) is 35.9 Å². The lowest BCUT2D eigenvalue weighted by molar-refractivity contribution is -0.276. The molecule has 6 rings (SSSR count). The Morgan fingerprint density at radius 3 is 1.32 bits per heavy atom. The first-order valence-electron chi connectivity index (χ1n) is 17.8. The molecule has 4 aromatic carbocycles. The molecule has 2 unspecified atom stereocenters. The van der Waals surface area contributed by atoms with Crippen LogP contribution in [0.2, 0.25) is 20.1 Å². The molecule has 4 aromatic rings. The van der Waals surface area contributed by atoms with Gasteiger partial charge in [-0.1, -0.05) is 68.8 Å². The minimum Gasteiger partial charge on any atom is -0.478 e. The van der Waals surface area contributed by atoms with Gasteiger partial charge in [-0.3, -0.25) is 0 Å². The monoisotopic (exact) mass is 940 g/mol. The summed E-state index contributed by atoms with van der Waals surface area (Å²) in [6, 6.07) is 16.1. The van der Waals surface area contributed by atoms with Crippen molar-refractivity contribution in [1.29, 1.82) is 10.5 Å². The number of nitriles is 2. The number of rotatable bonds is 6. The van der Waals surface area contributed by atoms with Crippen molar-refractivity contribution in [3.8, 4) is 12.1 Å². The van der Waals surface area contributed by atoms with Crippen molar-refractivity contribution in [1.82, 2.24) is 0 Å². The number of hydrogen-bond donors (Lipinski definition) is 1. The minimum absolute atomic E-state index is 0.0148. The highest BCUT2D eigenvalue weighted by molar-refractivity contribution is 6.37. The van der Waals surface area contributed by atoms with Crippen LogP contribution in [0.5, 0.6) is 0 Å². The molecule has 20 heteroatoms. The average molecular weight is 943 g/mol. The zero-order chi connectivity index (χ0) is 46.3. The molecular weight excluding hydrogens is 912 g/mol. The lowest BCUT2D eigenvalue weighted by Crippen LogP contribution is -2.42. The molecule has 0 aromatic heterocycles. The third kappa shape index (κ3) is 9.29. The Balaban J connectivity index is 0.000000236. The van der Waals surface area contributed by atoms with Crippen molar-refractivity contribution >= 4 is 69.8 Å². The molecule has 0 saturated carbocycles. The van der Waals surface area contributed by atoms with Gasteiger partial charge in [-0.25, -0.2) is 9.59 Å². The molecule has 2 aliphatic rings. The zero-order valence-electron chi connectivity index (χ0n) is 32.7. The number of aryl methyl sites for hydroxylation is 2. The molecule has 0 amide bonds. The quantitative estimate of drug-likeness (QED) is 0.148. The molecule has 0 spiro atoms. The number of aromatic carboxylic acids is 1. The maximum atomic E-state index is 14.2. The summed E-state index contributed by atoms with van der Waals surface area (Å²) >= 11 is 23.8. The van der Waals surface area contributed by atoms with Crippen LogP contribution in [0.15, 0.2) is 71.0 Å². The first kappa shape index (κ1) is 47.5. The van der Waals surface area contributed by atoms with Gasteiger partial charge >= 0.3 is 24.3 Å². The molecule has 2 heterocycles. The molecule has 62 heavy (non-hydrogen) atoms. The molecule has 1 N–H and O–H groups in total. The number of carbonyl (C=O) groups excluding carboxylic acids is 1. The van der Waals surface area contributed by atoms with Gasteiger partial charge in [0.1, 0.15) is 17.7 Å². The number of carboxylic acids is 1. The van der Waals surface area contributed by atoms with Crippen LogP contribution in [0.25, 0.3) is 0 Å². The van der Waals surface area contributed by atoms with Crippen molar-refractivity contribution in [2.45, 2.75) is 76.6 Å². The van der Waals surface area contributed by atoms with E-state index in [1.807, 2.05) is 0 Å². The number of hydrogen-bond acceptors (Lipinski definition) is 9. The third-order valence-corrected chi connectivity index (χ3v) is 10.8. The van der Waals surface area contributed by atoms with E-state index < -0.39 is 59.5 Å². The molecule has 2 aliphatic heterocycles. The topological polar surface area (TPSA) is 154 Å². The number of carbonyl (C=O) groups is 2. The number of halogens is 10. The highest BCUT2D eigenvalue weighted by Crippen LogP contribution is 2.52. The summed E-state index contributed by atoms with van der Waals surface area (Å²) in [4.78, 5) is 33.4. The van der Waals surface area contributed by atoms with E-state index >= 15 is 0 Å². The molecular formula is C42H30Cl4F6N4O6. The lowest BCUT2D eigenvalue weighted by Gasteiger charge is -2.30. The van der Waals surface area contributed by atoms with Crippen LogP contribution in [0.1, 0.15) is 98.8 Å². The van der Waals surface area contributed by atoms with Crippen molar-refractivity contribution in [3.05, 3.63) is 136 Å². The maximum Gasteiger partial charge on any atom is 0.435 e. The van der Waals surface area contributed by atoms with Crippen LogP contribution in [0, 0.1) is 36.5 Å². The fourth-order valence-corrected chi connectivity index (χ4v) is 7.57. The van der Waals surface area contributed by atoms with E-state index in [0.717, 1.165) is 24.3 Å². The third-order valence-electron chi connectivity index (χ3n) is 9.58. The highest BCUT2D eigenvalue weighted by atomic mass is 35.5. The summed E-state index contributed by atoms with van der Waals surface area (Å²) in [7, 11) is 0. The first-order chi connectivity index (χ1) is 28.7. The van der Waals surface area contributed by atoms with E-state index in [1.54, 1.807) is 45.9 Å². The second-order valence-electron chi connectivity index (χ2n) is 15.0. The van der Waals surface area contributed by atoms with Gasteiger partial charge in [-0.15, -0.1) is 0 Å². The molecule has 0 fully saturated rings. The summed E-state index contributed by atoms with van der Waals surface area (Å²) in [5, 5.41) is 33.6. The number of carboxylic acid groups (broad SMARTS) is 1. The lowest BCUT2D eigenvalue weighted by atomic mass is 9.85. The second kappa shape index (κ2) is 17.3. The van der Waals surface area contributed by atoms with Crippen LogP contribution >= 0.6 is 46.4 Å². The van der Waals surface area contributed by atoms with Gasteiger partial charge in [-0.2, -0.15) is 36.9 Å². The van der Waals surface area contributed by atoms with Gasteiger partial charge in [0.25, 0.3) is 11.2 Å². The SMILES string of the molecule is Cc1cc(C2=NOC(c3cc(Cl)c(C#N)c(Cl)c3)(C(F)(F)F)C2)ccc1C(=O)O.Cc1cc(C2=NOC(c3cc(Cl)c(C#N)c(Cl)c3)(C(F)(F)F)C2)ccc1C(=O)OC(C)(C)C. The van der Waals surface area contributed by atoms with E-state index in [4.69, 9.17) is 76.4 Å². The fraction of sp³-hybridized carbons (Fsp3) is 0.286. The van der Waals surface area contributed by atoms with Crippen LogP contribution in [-0.2, 0) is 25.6 Å². The van der Waals surface area contributed by atoms with Gasteiger partial charge in [0.05, 0.1) is 53.8 Å². The van der Waals surface area contributed by atoms with E-state index in [2.05, 4.69) is 10.3 Å². The van der Waals surface area contributed by atoms with Gasteiger partial charge in [0.2, 0.25) is 0 Å². The first-order valence-corrected chi connectivity index (χ1v) is 19.3. The van der Waals surface area contributed by atoms with Crippen LogP contribution in [0.3, 0.4) is 0 Å².